The van der Waals surface area contributed by atoms with Gasteiger partial charge in [-0.05, 0) is 62.7 Å². The van der Waals surface area contributed by atoms with Gasteiger partial charge in [0, 0.05) is 7.11 Å². The molecule has 2 saturated carbocycles. The van der Waals surface area contributed by atoms with Crippen LogP contribution in [-0.4, -0.2) is 12.7 Å². The SMILES string of the molecule is CCCCCC1CCC([C@H]2CC[C@@](CCCC)(OC)CC2)CC1. The second kappa shape index (κ2) is 10.1. The fourth-order valence-corrected chi connectivity index (χ4v) is 5.32. The van der Waals surface area contributed by atoms with E-state index in [1.807, 2.05) is 7.11 Å². The third-order valence-electron chi connectivity index (χ3n) is 7.13. The van der Waals surface area contributed by atoms with Crippen LogP contribution in [0.15, 0.2) is 0 Å². The Morgan fingerprint density at radius 3 is 1.96 bits per heavy atom. The molecule has 1 heteroatoms. The average molecular weight is 323 g/mol. The van der Waals surface area contributed by atoms with Crippen LogP contribution < -0.4 is 0 Å². The van der Waals surface area contributed by atoms with Crippen LogP contribution in [0.2, 0.25) is 0 Å². The van der Waals surface area contributed by atoms with Crippen molar-refractivity contribution in [3.63, 3.8) is 0 Å². The number of hydrogen-bond acceptors (Lipinski definition) is 1. The van der Waals surface area contributed by atoms with Crippen molar-refractivity contribution in [1.29, 1.82) is 0 Å². The minimum absolute atomic E-state index is 0.240. The van der Waals surface area contributed by atoms with E-state index < -0.39 is 0 Å². The zero-order chi connectivity index (χ0) is 16.5. The molecule has 0 spiro atoms. The van der Waals surface area contributed by atoms with Crippen LogP contribution in [0, 0.1) is 17.8 Å². The molecule has 0 radical (unpaired) electrons. The van der Waals surface area contributed by atoms with Crippen LogP contribution in [0.5, 0.6) is 0 Å². The zero-order valence-electron chi connectivity index (χ0n) is 16.2. The van der Waals surface area contributed by atoms with Crippen LogP contribution in [0.4, 0.5) is 0 Å². The fourth-order valence-electron chi connectivity index (χ4n) is 5.32. The summed E-state index contributed by atoms with van der Waals surface area (Å²) in [7, 11) is 1.96. The van der Waals surface area contributed by atoms with Gasteiger partial charge < -0.3 is 4.74 Å². The molecule has 1 nitrogen and oxygen atoms in total. The van der Waals surface area contributed by atoms with E-state index in [0.717, 1.165) is 17.8 Å². The molecule has 23 heavy (non-hydrogen) atoms. The molecule has 0 unspecified atom stereocenters. The Morgan fingerprint density at radius 2 is 1.39 bits per heavy atom. The van der Waals surface area contributed by atoms with Crippen LogP contribution in [0.1, 0.15) is 110 Å². The topological polar surface area (TPSA) is 9.23 Å². The summed E-state index contributed by atoms with van der Waals surface area (Å²) < 4.78 is 5.99. The molecule has 0 amide bonds. The number of unbranched alkanes of at least 4 members (excludes halogenated alkanes) is 3. The number of ether oxygens (including phenoxy) is 1. The van der Waals surface area contributed by atoms with Gasteiger partial charge >= 0.3 is 0 Å². The van der Waals surface area contributed by atoms with Crippen LogP contribution in [0.25, 0.3) is 0 Å². The first kappa shape index (κ1) is 19.3. The molecule has 0 bridgehead atoms. The standard InChI is InChI=1S/C22H42O/c1-4-6-8-9-19-10-12-20(13-11-19)21-14-17-22(23-3,18-15-21)16-7-5-2/h19-21H,4-18H2,1-3H3/t19?,20?,21-,22+. The highest BCUT2D eigenvalue weighted by molar-refractivity contribution is 4.90. The molecule has 2 aliphatic rings. The van der Waals surface area contributed by atoms with E-state index in [2.05, 4.69) is 13.8 Å². The lowest BCUT2D eigenvalue weighted by Crippen LogP contribution is -2.38. The van der Waals surface area contributed by atoms with E-state index in [-0.39, 0.29) is 5.60 Å². The molecule has 0 N–H and O–H groups in total. The van der Waals surface area contributed by atoms with Crippen molar-refractivity contribution in [1.82, 2.24) is 0 Å². The van der Waals surface area contributed by atoms with Gasteiger partial charge in [-0.15, -0.1) is 0 Å². The summed E-state index contributed by atoms with van der Waals surface area (Å²) in [5, 5.41) is 0. The molecule has 0 saturated heterocycles. The molecule has 2 aliphatic carbocycles. The van der Waals surface area contributed by atoms with Crippen molar-refractivity contribution < 1.29 is 4.74 Å². The van der Waals surface area contributed by atoms with Crippen molar-refractivity contribution in [3.8, 4) is 0 Å². The lowest BCUT2D eigenvalue weighted by Gasteiger charge is -2.43. The van der Waals surface area contributed by atoms with Gasteiger partial charge in [-0.1, -0.05) is 65.2 Å². The lowest BCUT2D eigenvalue weighted by atomic mass is 9.67. The quantitative estimate of drug-likeness (QED) is 0.410. The third-order valence-corrected chi connectivity index (χ3v) is 7.13. The Labute approximate surface area is 146 Å². The molecule has 2 fully saturated rings. The van der Waals surface area contributed by atoms with E-state index in [0.29, 0.717) is 0 Å². The summed E-state index contributed by atoms with van der Waals surface area (Å²) in [6, 6.07) is 0. The van der Waals surface area contributed by atoms with E-state index in [4.69, 9.17) is 4.74 Å². The maximum Gasteiger partial charge on any atom is 0.0679 e. The highest BCUT2D eigenvalue weighted by Crippen LogP contribution is 2.45. The van der Waals surface area contributed by atoms with Crippen LogP contribution >= 0.6 is 0 Å². The second-order valence-electron chi connectivity index (χ2n) is 8.60. The largest absolute Gasteiger partial charge is 0.378 e. The van der Waals surface area contributed by atoms with Crippen LogP contribution in [-0.2, 0) is 4.74 Å². The summed E-state index contributed by atoms with van der Waals surface area (Å²) >= 11 is 0. The maximum absolute atomic E-state index is 5.99. The van der Waals surface area contributed by atoms with E-state index >= 15 is 0 Å². The first-order chi connectivity index (χ1) is 11.2. The van der Waals surface area contributed by atoms with Crippen LogP contribution in [0.3, 0.4) is 0 Å². The number of methoxy groups -OCH3 is 1. The highest BCUT2D eigenvalue weighted by atomic mass is 16.5. The van der Waals surface area contributed by atoms with Crippen molar-refractivity contribution in [2.45, 2.75) is 116 Å². The third kappa shape index (κ3) is 5.76. The van der Waals surface area contributed by atoms with Crippen molar-refractivity contribution in [3.05, 3.63) is 0 Å². The molecule has 0 aromatic carbocycles. The summed E-state index contributed by atoms with van der Waals surface area (Å²) in [5.41, 5.74) is 0.240. The monoisotopic (exact) mass is 322 g/mol. The maximum atomic E-state index is 5.99. The van der Waals surface area contributed by atoms with Crippen molar-refractivity contribution in [2.75, 3.05) is 7.11 Å². The molecular formula is C22H42O. The molecule has 2 rings (SSSR count). The fraction of sp³-hybridized carbons (Fsp3) is 1.00. The van der Waals surface area contributed by atoms with Crippen molar-refractivity contribution in [2.24, 2.45) is 17.8 Å². The Balaban J connectivity index is 1.70. The predicted molar refractivity (Wildman–Crippen MR) is 101 cm³/mol. The van der Waals surface area contributed by atoms with Gasteiger partial charge in [0.05, 0.1) is 5.60 Å². The minimum atomic E-state index is 0.240. The molecule has 0 heterocycles. The Hall–Kier alpha value is -0.0400. The minimum Gasteiger partial charge on any atom is -0.378 e. The Bertz CT molecular complexity index is 295. The van der Waals surface area contributed by atoms with E-state index in [9.17, 15) is 0 Å². The van der Waals surface area contributed by atoms with Gasteiger partial charge in [-0.25, -0.2) is 0 Å². The Kier molecular flexibility index (Phi) is 8.44. The molecule has 0 aromatic rings. The summed E-state index contributed by atoms with van der Waals surface area (Å²) in [6.45, 7) is 4.62. The van der Waals surface area contributed by atoms with Gasteiger partial charge in [0.25, 0.3) is 0 Å². The molecule has 0 aromatic heterocycles. The molecule has 136 valence electrons. The lowest BCUT2D eigenvalue weighted by molar-refractivity contribution is -0.0637. The zero-order valence-corrected chi connectivity index (χ0v) is 16.2. The van der Waals surface area contributed by atoms with Gasteiger partial charge in [-0.2, -0.15) is 0 Å². The molecule has 0 aliphatic heterocycles. The first-order valence-electron chi connectivity index (χ1n) is 10.8. The molecule has 0 atom stereocenters. The van der Waals surface area contributed by atoms with Gasteiger partial charge in [0.15, 0.2) is 0 Å². The summed E-state index contributed by atoms with van der Waals surface area (Å²) in [6.07, 6.45) is 21.3. The van der Waals surface area contributed by atoms with Gasteiger partial charge in [-0.3, -0.25) is 0 Å². The summed E-state index contributed by atoms with van der Waals surface area (Å²) in [5.74, 6) is 3.11. The second-order valence-corrected chi connectivity index (χ2v) is 8.60. The highest BCUT2D eigenvalue weighted by Gasteiger charge is 2.38. The van der Waals surface area contributed by atoms with Gasteiger partial charge in [0.2, 0.25) is 0 Å². The Morgan fingerprint density at radius 1 is 0.783 bits per heavy atom. The predicted octanol–water partition coefficient (Wildman–Crippen LogP) is 7.14. The normalized spacial score (nSPS) is 35.3. The van der Waals surface area contributed by atoms with Crippen molar-refractivity contribution >= 4 is 0 Å². The van der Waals surface area contributed by atoms with Gasteiger partial charge in [0.1, 0.15) is 0 Å². The number of hydrogen-bond donors (Lipinski definition) is 0. The average Bonchev–Trinajstić information content (AvgIpc) is 2.61. The van der Waals surface area contributed by atoms with E-state index in [1.54, 1.807) is 0 Å². The first-order valence-corrected chi connectivity index (χ1v) is 10.8. The molecular weight excluding hydrogens is 280 g/mol. The number of rotatable bonds is 9. The summed E-state index contributed by atoms with van der Waals surface area (Å²) in [4.78, 5) is 0. The smallest absolute Gasteiger partial charge is 0.0679 e. The van der Waals surface area contributed by atoms with E-state index in [1.165, 1.54) is 96.3 Å².